The van der Waals surface area contributed by atoms with Crippen LogP contribution in [0.2, 0.25) is 0 Å². The molecule has 1 aliphatic carbocycles. The second-order valence-corrected chi connectivity index (χ2v) is 6.74. The fraction of sp³-hybridized carbons (Fsp3) is 0.217. The number of benzene rings is 2. The van der Waals surface area contributed by atoms with Gasteiger partial charge in [-0.1, -0.05) is 86.7 Å². The maximum absolute atomic E-state index is 3.92. The van der Waals surface area contributed by atoms with E-state index in [1.165, 1.54) is 39.0 Å². The SMILES string of the molecule is C=C/C=C1\C(=C/C)C(C)(C)c2cccc(-c3ccc(C)cc3)c21. The van der Waals surface area contributed by atoms with Crippen LogP contribution in [-0.2, 0) is 5.41 Å². The number of allylic oxidation sites excluding steroid dienone is 5. The molecule has 3 rings (SSSR count). The molecule has 0 spiro atoms. The standard InChI is InChI=1S/C23H24/c1-6-9-19-20(7-2)23(4,5)21-11-8-10-18(22(19)21)17-14-12-16(3)13-15-17/h6-15H,1H2,2-5H3/b19-9+,20-7+. The van der Waals surface area contributed by atoms with E-state index in [1.807, 2.05) is 6.08 Å². The Morgan fingerprint density at radius 1 is 1.00 bits per heavy atom. The first kappa shape index (κ1) is 15.6. The van der Waals surface area contributed by atoms with Crippen molar-refractivity contribution in [1.82, 2.24) is 0 Å². The van der Waals surface area contributed by atoms with E-state index in [0.717, 1.165) is 0 Å². The van der Waals surface area contributed by atoms with E-state index in [0.29, 0.717) is 0 Å². The van der Waals surface area contributed by atoms with Crippen LogP contribution in [0.1, 0.15) is 37.5 Å². The van der Waals surface area contributed by atoms with Gasteiger partial charge in [-0.2, -0.15) is 0 Å². The van der Waals surface area contributed by atoms with E-state index in [9.17, 15) is 0 Å². The maximum Gasteiger partial charge on any atom is 0.0155 e. The fourth-order valence-corrected chi connectivity index (χ4v) is 3.76. The van der Waals surface area contributed by atoms with Crippen LogP contribution < -0.4 is 0 Å². The summed E-state index contributed by atoms with van der Waals surface area (Å²) in [6, 6.07) is 15.5. The molecule has 23 heavy (non-hydrogen) atoms. The highest BCUT2D eigenvalue weighted by Crippen LogP contribution is 2.52. The molecule has 0 bridgehead atoms. The van der Waals surface area contributed by atoms with E-state index >= 15 is 0 Å². The molecule has 0 nitrogen and oxygen atoms in total. The summed E-state index contributed by atoms with van der Waals surface area (Å²) in [5, 5.41) is 0. The summed E-state index contributed by atoms with van der Waals surface area (Å²) in [5.74, 6) is 0. The van der Waals surface area contributed by atoms with E-state index < -0.39 is 0 Å². The van der Waals surface area contributed by atoms with Crippen molar-refractivity contribution in [2.75, 3.05) is 0 Å². The van der Waals surface area contributed by atoms with Crippen LogP contribution in [0.4, 0.5) is 0 Å². The number of fused-ring (bicyclic) bond motifs is 1. The second-order valence-electron chi connectivity index (χ2n) is 6.74. The molecule has 0 aliphatic heterocycles. The summed E-state index contributed by atoms with van der Waals surface area (Å²) in [6.45, 7) is 12.8. The number of hydrogen-bond donors (Lipinski definition) is 0. The third-order valence-corrected chi connectivity index (χ3v) is 4.91. The zero-order valence-electron chi connectivity index (χ0n) is 14.5. The predicted molar refractivity (Wildman–Crippen MR) is 102 cm³/mol. The molecular formula is C23H24. The van der Waals surface area contributed by atoms with Gasteiger partial charge in [-0.3, -0.25) is 0 Å². The lowest BCUT2D eigenvalue weighted by Gasteiger charge is -2.21. The first-order valence-electron chi connectivity index (χ1n) is 8.21. The lowest BCUT2D eigenvalue weighted by Crippen LogP contribution is -2.14. The zero-order chi connectivity index (χ0) is 16.6. The maximum atomic E-state index is 3.92. The van der Waals surface area contributed by atoms with Crippen molar-refractivity contribution in [3.8, 4) is 11.1 Å². The van der Waals surface area contributed by atoms with Crippen molar-refractivity contribution in [1.29, 1.82) is 0 Å². The molecule has 116 valence electrons. The third-order valence-electron chi connectivity index (χ3n) is 4.91. The predicted octanol–water partition coefficient (Wildman–Crippen LogP) is 6.47. The first-order valence-corrected chi connectivity index (χ1v) is 8.21. The average molecular weight is 300 g/mol. The minimum Gasteiger partial charge on any atom is -0.0990 e. The van der Waals surface area contributed by atoms with Gasteiger partial charge in [0.15, 0.2) is 0 Å². The molecular weight excluding hydrogens is 276 g/mol. The molecule has 0 fully saturated rings. The molecule has 1 aliphatic rings. The van der Waals surface area contributed by atoms with Gasteiger partial charge in [-0.05, 0) is 47.2 Å². The summed E-state index contributed by atoms with van der Waals surface area (Å²) < 4.78 is 0. The van der Waals surface area contributed by atoms with E-state index in [-0.39, 0.29) is 5.41 Å². The van der Waals surface area contributed by atoms with Crippen molar-refractivity contribution in [2.45, 2.75) is 33.1 Å². The van der Waals surface area contributed by atoms with Crippen molar-refractivity contribution < 1.29 is 0 Å². The minimum absolute atomic E-state index is 0.0274. The summed E-state index contributed by atoms with van der Waals surface area (Å²) in [6.07, 6.45) is 6.30. The Morgan fingerprint density at radius 3 is 2.30 bits per heavy atom. The molecule has 2 aromatic carbocycles. The Balaban J connectivity index is 2.33. The quantitative estimate of drug-likeness (QED) is 0.596. The number of hydrogen-bond acceptors (Lipinski definition) is 0. The Kier molecular flexibility index (Phi) is 3.85. The summed E-state index contributed by atoms with van der Waals surface area (Å²) >= 11 is 0. The molecule has 0 aromatic heterocycles. The highest BCUT2D eigenvalue weighted by Gasteiger charge is 2.38. The van der Waals surface area contributed by atoms with Gasteiger partial charge in [0.05, 0.1) is 0 Å². The van der Waals surface area contributed by atoms with Gasteiger partial charge in [-0.25, -0.2) is 0 Å². The number of rotatable bonds is 2. The average Bonchev–Trinajstić information content (AvgIpc) is 2.76. The van der Waals surface area contributed by atoms with Crippen molar-refractivity contribution in [3.05, 3.63) is 89.5 Å². The van der Waals surface area contributed by atoms with Crippen LogP contribution >= 0.6 is 0 Å². The molecule has 2 aromatic rings. The summed E-state index contributed by atoms with van der Waals surface area (Å²) in [7, 11) is 0. The van der Waals surface area contributed by atoms with Gasteiger partial charge in [0.25, 0.3) is 0 Å². The Hall–Kier alpha value is -2.34. The summed E-state index contributed by atoms with van der Waals surface area (Å²) in [5.41, 5.74) is 9.34. The molecule has 0 atom stereocenters. The lowest BCUT2D eigenvalue weighted by molar-refractivity contribution is 0.660. The topological polar surface area (TPSA) is 0 Å². The normalized spacial score (nSPS) is 19.1. The molecule has 0 unspecified atom stereocenters. The van der Waals surface area contributed by atoms with E-state index in [1.54, 1.807) is 0 Å². The van der Waals surface area contributed by atoms with Gasteiger partial charge in [0.2, 0.25) is 0 Å². The van der Waals surface area contributed by atoms with Crippen LogP contribution in [0.15, 0.2) is 72.8 Å². The van der Waals surface area contributed by atoms with E-state index in [4.69, 9.17) is 0 Å². The Morgan fingerprint density at radius 2 is 1.70 bits per heavy atom. The van der Waals surface area contributed by atoms with Crippen molar-refractivity contribution >= 4 is 5.57 Å². The highest BCUT2D eigenvalue weighted by atomic mass is 14.4. The van der Waals surface area contributed by atoms with Crippen LogP contribution in [0.3, 0.4) is 0 Å². The largest absolute Gasteiger partial charge is 0.0990 e. The third kappa shape index (κ3) is 2.39. The lowest BCUT2D eigenvalue weighted by atomic mass is 9.82. The minimum atomic E-state index is 0.0274. The number of aryl methyl sites for hydroxylation is 1. The van der Waals surface area contributed by atoms with Gasteiger partial charge >= 0.3 is 0 Å². The van der Waals surface area contributed by atoms with Crippen LogP contribution in [0.25, 0.3) is 16.7 Å². The Bertz CT molecular complexity index is 812. The molecule has 0 saturated carbocycles. The second kappa shape index (κ2) is 5.70. The molecule has 0 saturated heterocycles. The van der Waals surface area contributed by atoms with Gasteiger partial charge in [0.1, 0.15) is 0 Å². The zero-order valence-corrected chi connectivity index (χ0v) is 14.5. The van der Waals surface area contributed by atoms with Gasteiger partial charge < -0.3 is 0 Å². The molecule has 0 amide bonds. The van der Waals surface area contributed by atoms with E-state index in [2.05, 4.69) is 88.9 Å². The fourth-order valence-electron chi connectivity index (χ4n) is 3.76. The van der Waals surface area contributed by atoms with Gasteiger partial charge in [0, 0.05) is 5.41 Å². The molecule has 0 N–H and O–H groups in total. The smallest absolute Gasteiger partial charge is 0.0155 e. The van der Waals surface area contributed by atoms with Crippen LogP contribution in [0, 0.1) is 6.92 Å². The first-order chi connectivity index (χ1) is 11.0. The Labute approximate surface area is 139 Å². The monoisotopic (exact) mass is 300 g/mol. The van der Waals surface area contributed by atoms with Crippen LogP contribution in [-0.4, -0.2) is 0 Å². The van der Waals surface area contributed by atoms with Gasteiger partial charge in [-0.15, -0.1) is 0 Å². The van der Waals surface area contributed by atoms with Crippen molar-refractivity contribution in [3.63, 3.8) is 0 Å². The highest BCUT2D eigenvalue weighted by molar-refractivity contribution is 5.96. The van der Waals surface area contributed by atoms with Crippen molar-refractivity contribution in [2.24, 2.45) is 0 Å². The summed E-state index contributed by atoms with van der Waals surface area (Å²) in [4.78, 5) is 0. The molecule has 0 radical (unpaired) electrons. The van der Waals surface area contributed by atoms with Crippen LogP contribution in [0.5, 0.6) is 0 Å². The molecule has 0 heteroatoms. The molecule has 0 heterocycles.